The molecule has 264 valence electrons. The summed E-state index contributed by atoms with van der Waals surface area (Å²) in [6.45, 7) is 26.7. The zero-order valence-corrected chi connectivity index (χ0v) is 31.3. The fourth-order valence-electron chi connectivity index (χ4n) is 3.36. The Morgan fingerprint density at radius 1 is 1.13 bits per heavy atom. The Labute approximate surface area is 282 Å². The van der Waals surface area contributed by atoms with Crippen LogP contribution in [0.5, 0.6) is 0 Å². The minimum Gasteiger partial charge on any atom is -0.490 e. The van der Waals surface area contributed by atoms with Gasteiger partial charge in [0, 0.05) is 60.6 Å². The van der Waals surface area contributed by atoms with Crippen LogP contribution in [-0.2, 0) is 14.3 Å². The minimum absolute atomic E-state index is 0.0533. The van der Waals surface area contributed by atoms with Crippen molar-refractivity contribution in [2.45, 2.75) is 61.0 Å². The maximum atomic E-state index is 11.6. The van der Waals surface area contributed by atoms with Crippen LogP contribution in [0.4, 0.5) is 0 Å². The molecule has 0 aliphatic carbocycles. The van der Waals surface area contributed by atoms with Gasteiger partial charge in [-0.15, -0.1) is 13.2 Å². The summed E-state index contributed by atoms with van der Waals surface area (Å²) in [5.41, 5.74) is 9.10. The van der Waals surface area contributed by atoms with Gasteiger partial charge in [-0.2, -0.15) is 5.26 Å². The number of carbonyl (C=O) groups excluding carboxylic acids is 1. The summed E-state index contributed by atoms with van der Waals surface area (Å²) in [4.78, 5) is 13.8. The van der Waals surface area contributed by atoms with Crippen LogP contribution in [0.15, 0.2) is 79.8 Å². The standard InChI is InChI=1S/C16H25N.C15H23N3O2.C2H6O.C2H4.CH5N.CH4O/c1-13-7-9-15(10-8-13)14(2)11-17(6)12-16(3,4)5;1-5-6-14(20-12(2)3)13(11-16)7-8-15(19)18-10-9-17-4;1-3-2;3*1-2/h7-11H,12H2,1-6H3;5-7,12,17H,1,8-10H2,2-4H3,(H,18,19);1-2H3;1-2H2;2H2,1H3;2H,1H3/b14-11+;13-7-,14-6+;;;;. The first-order chi connectivity index (χ1) is 21.7. The summed E-state index contributed by atoms with van der Waals surface area (Å²) in [6, 6.07) is 10.7. The minimum atomic E-state index is -0.129. The van der Waals surface area contributed by atoms with Gasteiger partial charge in [-0.3, -0.25) is 4.79 Å². The SMILES string of the molecule is C/C(=C\N(C)CC(C)(C)C)c1ccc(C)cc1.C=C.C=C/C=C(OC(C)C)\C(C#N)=C/CC(=O)NCCNC.CN.CO.COC. The second-order valence-electron chi connectivity index (χ2n) is 10.9. The molecule has 5 N–H and O–H groups in total. The number of amides is 1. The van der Waals surface area contributed by atoms with Crippen LogP contribution in [-0.4, -0.2) is 84.1 Å². The fourth-order valence-corrected chi connectivity index (χ4v) is 3.36. The first-order valence-corrected chi connectivity index (χ1v) is 15.1. The Kier molecular flexibility index (Phi) is 40.4. The molecule has 0 radical (unpaired) electrons. The van der Waals surface area contributed by atoms with Crippen LogP contribution in [0, 0.1) is 23.7 Å². The number of nitrogens with one attached hydrogen (secondary N) is 2. The van der Waals surface area contributed by atoms with Crippen molar-refractivity contribution in [3.8, 4) is 6.07 Å². The van der Waals surface area contributed by atoms with Crippen molar-refractivity contribution in [1.29, 1.82) is 5.26 Å². The number of nitrogens with two attached hydrogens (primary N) is 1. The second kappa shape index (κ2) is 35.8. The quantitative estimate of drug-likeness (QED) is 0.0691. The molecular weight excluding hydrogens is 578 g/mol. The highest BCUT2D eigenvalue weighted by atomic mass is 16.5. The number of aliphatic hydroxyl groups excluding tert-OH is 1. The van der Waals surface area contributed by atoms with Gasteiger partial charge in [-0.1, -0.05) is 69.3 Å². The highest BCUT2D eigenvalue weighted by molar-refractivity contribution is 5.77. The number of aryl methyl sites for hydroxylation is 1. The zero-order chi connectivity index (χ0) is 37.1. The first-order valence-electron chi connectivity index (χ1n) is 15.1. The number of ether oxygens (including phenoxy) is 2. The van der Waals surface area contributed by atoms with Gasteiger partial charge in [0.05, 0.1) is 11.7 Å². The lowest BCUT2D eigenvalue weighted by molar-refractivity contribution is -0.120. The van der Waals surface area contributed by atoms with Crippen LogP contribution in [0.2, 0.25) is 0 Å². The van der Waals surface area contributed by atoms with Crippen LogP contribution >= 0.6 is 0 Å². The van der Waals surface area contributed by atoms with Crippen molar-refractivity contribution >= 4 is 11.5 Å². The van der Waals surface area contributed by atoms with Gasteiger partial charge in [0.1, 0.15) is 11.8 Å². The summed E-state index contributed by atoms with van der Waals surface area (Å²) in [5.74, 6) is 0.302. The van der Waals surface area contributed by atoms with Crippen molar-refractivity contribution in [2.24, 2.45) is 11.1 Å². The van der Waals surface area contributed by atoms with Gasteiger partial charge in [-0.05, 0) is 64.4 Å². The summed E-state index contributed by atoms with van der Waals surface area (Å²) in [6.07, 6.45) is 7.05. The van der Waals surface area contributed by atoms with Gasteiger partial charge >= 0.3 is 0 Å². The number of benzene rings is 1. The number of likely N-dealkylation sites (N-methyl/N-ethyl adjacent to an activating group) is 1. The predicted octanol–water partition coefficient (Wildman–Crippen LogP) is 6.24. The fraction of sp³-hybridized carbons (Fsp3) is 0.514. The van der Waals surface area contributed by atoms with E-state index < -0.39 is 0 Å². The third-order valence-corrected chi connectivity index (χ3v) is 4.85. The molecular formula is C37H67N5O4. The zero-order valence-electron chi connectivity index (χ0n) is 31.3. The van der Waals surface area contributed by atoms with E-state index in [1.54, 1.807) is 32.4 Å². The number of aliphatic hydroxyl groups is 1. The maximum Gasteiger partial charge on any atom is 0.223 e. The summed E-state index contributed by atoms with van der Waals surface area (Å²) >= 11 is 0. The largest absolute Gasteiger partial charge is 0.490 e. The summed E-state index contributed by atoms with van der Waals surface area (Å²) in [7, 11) is 9.71. The number of nitrogens with zero attached hydrogens (tertiary/aromatic N) is 2. The molecule has 1 rings (SSSR count). The number of allylic oxidation sites excluding steroid dienone is 4. The Morgan fingerprint density at radius 2 is 1.63 bits per heavy atom. The van der Waals surface area contributed by atoms with E-state index >= 15 is 0 Å². The summed E-state index contributed by atoms with van der Waals surface area (Å²) < 4.78 is 9.78. The lowest BCUT2D eigenvalue weighted by atomic mass is 9.96. The Morgan fingerprint density at radius 3 is 2.02 bits per heavy atom. The molecule has 0 bridgehead atoms. The summed E-state index contributed by atoms with van der Waals surface area (Å²) in [5, 5.41) is 21.8. The maximum absolute atomic E-state index is 11.6. The molecule has 0 saturated heterocycles. The molecule has 46 heavy (non-hydrogen) atoms. The third-order valence-electron chi connectivity index (χ3n) is 4.85. The van der Waals surface area contributed by atoms with E-state index in [1.807, 2.05) is 27.0 Å². The van der Waals surface area contributed by atoms with Crippen molar-refractivity contribution in [2.75, 3.05) is 62.1 Å². The molecule has 0 atom stereocenters. The Balaban J connectivity index is -0.000000196. The molecule has 0 unspecified atom stereocenters. The van der Waals surface area contributed by atoms with E-state index in [-0.39, 0.29) is 18.4 Å². The van der Waals surface area contributed by atoms with Gasteiger partial charge < -0.3 is 35.8 Å². The molecule has 0 spiro atoms. The van der Waals surface area contributed by atoms with E-state index in [2.05, 4.69) is 118 Å². The Bertz CT molecular complexity index is 1000. The van der Waals surface area contributed by atoms with Crippen molar-refractivity contribution in [3.05, 3.63) is 90.9 Å². The van der Waals surface area contributed by atoms with E-state index in [4.69, 9.17) is 15.1 Å². The second-order valence-corrected chi connectivity index (χ2v) is 10.9. The van der Waals surface area contributed by atoms with Crippen molar-refractivity contribution < 1.29 is 19.4 Å². The van der Waals surface area contributed by atoms with E-state index in [0.717, 1.165) is 13.7 Å². The molecule has 0 saturated carbocycles. The van der Waals surface area contributed by atoms with Gasteiger partial charge in [0.25, 0.3) is 0 Å². The van der Waals surface area contributed by atoms with E-state index in [0.29, 0.717) is 29.8 Å². The monoisotopic (exact) mass is 646 g/mol. The predicted molar refractivity (Wildman–Crippen MR) is 199 cm³/mol. The molecule has 9 nitrogen and oxygen atoms in total. The number of methoxy groups -OCH3 is 1. The third kappa shape index (κ3) is 34.8. The molecule has 1 aromatic carbocycles. The number of carbonyl (C=O) groups is 1. The van der Waals surface area contributed by atoms with Crippen LogP contribution < -0.4 is 16.4 Å². The van der Waals surface area contributed by atoms with E-state index in [9.17, 15) is 4.79 Å². The molecule has 0 aliphatic rings. The molecule has 0 heterocycles. The van der Waals surface area contributed by atoms with Gasteiger partial charge in [0.2, 0.25) is 5.91 Å². The van der Waals surface area contributed by atoms with Gasteiger partial charge in [0.15, 0.2) is 0 Å². The number of nitriles is 1. The molecule has 0 aromatic heterocycles. The van der Waals surface area contributed by atoms with Crippen molar-refractivity contribution in [3.63, 3.8) is 0 Å². The van der Waals surface area contributed by atoms with Crippen LogP contribution in [0.25, 0.3) is 5.57 Å². The normalized spacial score (nSPS) is 10.6. The lowest BCUT2D eigenvalue weighted by Crippen LogP contribution is -2.29. The van der Waals surface area contributed by atoms with E-state index in [1.165, 1.54) is 23.7 Å². The molecule has 1 amide bonds. The van der Waals surface area contributed by atoms with Crippen LogP contribution in [0.1, 0.15) is 59.1 Å². The molecule has 1 aromatic rings. The highest BCUT2D eigenvalue weighted by Gasteiger charge is 2.12. The van der Waals surface area contributed by atoms with Crippen molar-refractivity contribution in [1.82, 2.24) is 15.5 Å². The first kappa shape index (κ1) is 51.9. The number of hydrogen-bond donors (Lipinski definition) is 4. The highest BCUT2D eigenvalue weighted by Crippen LogP contribution is 2.18. The number of rotatable bonds is 12. The Hall–Kier alpha value is -3.68. The number of hydrogen-bond acceptors (Lipinski definition) is 8. The average molecular weight is 646 g/mol. The molecule has 9 heteroatoms. The van der Waals surface area contributed by atoms with Crippen LogP contribution in [0.3, 0.4) is 0 Å². The lowest BCUT2D eigenvalue weighted by Gasteiger charge is -2.26. The smallest absolute Gasteiger partial charge is 0.223 e. The topological polar surface area (TPSA) is 133 Å². The molecule has 0 fully saturated rings. The molecule has 0 aliphatic heterocycles. The van der Waals surface area contributed by atoms with Gasteiger partial charge in [-0.25, -0.2) is 0 Å². The average Bonchev–Trinajstić information content (AvgIpc) is 3.00.